The SMILES string of the molecule is Cc1ccc(CCNC2CCCC2C2COCCN2)cc1. The van der Waals surface area contributed by atoms with Gasteiger partial charge >= 0.3 is 0 Å². The second kappa shape index (κ2) is 7.39. The van der Waals surface area contributed by atoms with E-state index in [9.17, 15) is 0 Å². The van der Waals surface area contributed by atoms with Crippen molar-refractivity contribution in [2.75, 3.05) is 26.3 Å². The lowest BCUT2D eigenvalue weighted by molar-refractivity contribution is 0.0526. The molecule has 0 bridgehead atoms. The molecule has 21 heavy (non-hydrogen) atoms. The van der Waals surface area contributed by atoms with Crippen molar-refractivity contribution in [3.63, 3.8) is 0 Å². The number of aryl methyl sites for hydroxylation is 1. The van der Waals surface area contributed by atoms with Crippen LogP contribution in [0.2, 0.25) is 0 Å². The molecule has 0 amide bonds. The topological polar surface area (TPSA) is 33.3 Å². The highest BCUT2D eigenvalue weighted by Gasteiger charge is 2.34. The zero-order valence-electron chi connectivity index (χ0n) is 13.1. The molecular formula is C18H28N2O. The summed E-state index contributed by atoms with van der Waals surface area (Å²) in [6.07, 6.45) is 5.13. The molecule has 1 aliphatic carbocycles. The largest absolute Gasteiger partial charge is 0.379 e. The predicted octanol–water partition coefficient (Wildman–Crippen LogP) is 2.28. The van der Waals surface area contributed by atoms with E-state index in [1.165, 1.54) is 30.4 Å². The molecule has 2 fully saturated rings. The molecule has 3 heteroatoms. The maximum atomic E-state index is 5.64. The normalized spacial score (nSPS) is 29.7. The van der Waals surface area contributed by atoms with Crippen molar-refractivity contribution in [3.8, 4) is 0 Å². The Hall–Kier alpha value is -0.900. The lowest BCUT2D eigenvalue weighted by atomic mass is 9.94. The van der Waals surface area contributed by atoms with Gasteiger partial charge in [-0.2, -0.15) is 0 Å². The van der Waals surface area contributed by atoms with Gasteiger partial charge in [0.15, 0.2) is 0 Å². The molecule has 3 atom stereocenters. The van der Waals surface area contributed by atoms with Crippen LogP contribution in [0.1, 0.15) is 30.4 Å². The van der Waals surface area contributed by atoms with Crippen molar-refractivity contribution in [2.24, 2.45) is 5.92 Å². The molecule has 3 rings (SSSR count). The Bertz CT molecular complexity index is 425. The fourth-order valence-corrected chi connectivity index (χ4v) is 3.74. The summed E-state index contributed by atoms with van der Waals surface area (Å²) < 4.78 is 5.64. The molecule has 2 aliphatic rings. The van der Waals surface area contributed by atoms with Crippen LogP contribution in [0.5, 0.6) is 0 Å². The van der Waals surface area contributed by atoms with E-state index in [-0.39, 0.29) is 0 Å². The monoisotopic (exact) mass is 288 g/mol. The molecule has 2 N–H and O–H groups in total. The summed E-state index contributed by atoms with van der Waals surface area (Å²) in [5.74, 6) is 0.739. The third-order valence-corrected chi connectivity index (χ3v) is 4.98. The minimum atomic E-state index is 0.554. The van der Waals surface area contributed by atoms with Crippen LogP contribution in [0, 0.1) is 12.8 Å². The highest BCUT2D eigenvalue weighted by molar-refractivity contribution is 5.21. The van der Waals surface area contributed by atoms with Gasteiger partial charge in [-0.15, -0.1) is 0 Å². The van der Waals surface area contributed by atoms with E-state index in [1.807, 2.05) is 0 Å². The quantitative estimate of drug-likeness (QED) is 0.872. The van der Waals surface area contributed by atoms with Gasteiger partial charge in [0.05, 0.1) is 13.2 Å². The van der Waals surface area contributed by atoms with Crippen LogP contribution in [-0.4, -0.2) is 38.4 Å². The van der Waals surface area contributed by atoms with Gasteiger partial charge in [-0.05, 0) is 44.2 Å². The molecule has 1 saturated carbocycles. The summed E-state index contributed by atoms with van der Waals surface area (Å²) in [5.41, 5.74) is 2.77. The standard InChI is InChI=1S/C18H28N2O/c1-14-5-7-15(8-6-14)9-10-19-17-4-2-3-16(17)18-13-21-12-11-20-18/h5-8,16-20H,2-4,9-13H2,1H3. The van der Waals surface area contributed by atoms with E-state index < -0.39 is 0 Å². The van der Waals surface area contributed by atoms with Crippen LogP contribution < -0.4 is 10.6 Å². The third kappa shape index (κ3) is 4.06. The lowest BCUT2D eigenvalue weighted by Gasteiger charge is -2.33. The van der Waals surface area contributed by atoms with Gasteiger partial charge in [0.1, 0.15) is 0 Å². The van der Waals surface area contributed by atoms with Crippen LogP contribution in [-0.2, 0) is 11.2 Å². The molecule has 0 aromatic heterocycles. The van der Waals surface area contributed by atoms with Gasteiger partial charge in [0.2, 0.25) is 0 Å². The Morgan fingerprint density at radius 1 is 1.24 bits per heavy atom. The average molecular weight is 288 g/mol. The van der Waals surface area contributed by atoms with Crippen LogP contribution >= 0.6 is 0 Å². The first kappa shape index (κ1) is 15.0. The molecule has 1 heterocycles. The highest BCUT2D eigenvalue weighted by Crippen LogP contribution is 2.29. The third-order valence-electron chi connectivity index (χ3n) is 4.98. The molecule has 0 radical (unpaired) electrons. The molecule has 0 spiro atoms. The Balaban J connectivity index is 1.46. The highest BCUT2D eigenvalue weighted by atomic mass is 16.5. The summed E-state index contributed by atoms with van der Waals surface area (Å²) in [4.78, 5) is 0. The van der Waals surface area contributed by atoms with Crippen molar-refractivity contribution < 1.29 is 4.74 Å². The minimum Gasteiger partial charge on any atom is -0.379 e. The zero-order valence-corrected chi connectivity index (χ0v) is 13.1. The number of rotatable bonds is 5. The maximum absolute atomic E-state index is 5.64. The first-order chi connectivity index (χ1) is 10.3. The van der Waals surface area contributed by atoms with E-state index in [2.05, 4.69) is 41.8 Å². The lowest BCUT2D eigenvalue weighted by Crippen LogP contribution is -2.51. The van der Waals surface area contributed by atoms with E-state index in [0.29, 0.717) is 12.1 Å². The minimum absolute atomic E-state index is 0.554. The van der Waals surface area contributed by atoms with E-state index in [1.54, 1.807) is 0 Å². The summed E-state index contributed by atoms with van der Waals surface area (Å²) in [6, 6.07) is 10.1. The number of hydrogen-bond donors (Lipinski definition) is 2. The maximum Gasteiger partial charge on any atom is 0.0623 e. The molecule has 3 nitrogen and oxygen atoms in total. The summed E-state index contributed by atoms with van der Waals surface area (Å²) in [7, 11) is 0. The van der Waals surface area contributed by atoms with Gasteiger partial charge in [-0.25, -0.2) is 0 Å². The van der Waals surface area contributed by atoms with Gasteiger partial charge in [0, 0.05) is 18.6 Å². The zero-order chi connectivity index (χ0) is 14.5. The van der Waals surface area contributed by atoms with Crippen LogP contribution in [0.15, 0.2) is 24.3 Å². The van der Waals surface area contributed by atoms with E-state index in [0.717, 1.165) is 38.6 Å². The van der Waals surface area contributed by atoms with Crippen LogP contribution in [0.4, 0.5) is 0 Å². The average Bonchev–Trinajstić information content (AvgIpc) is 2.99. The molecule has 1 aromatic rings. The summed E-state index contributed by atoms with van der Waals surface area (Å²) in [5, 5.41) is 7.44. The number of morpholine rings is 1. The number of hydrogen-bond acceptors (Lipinski definition) is 3. The predicted molar refractivity (Wildman–Crippen MR) is 86.6 cm³/mol. The van der Waals surface area contributed by atoms with Crippen molar-refractivity contribution >= 4 is 0 Å². The second-order valence-electron chi connectivity index (χ2n) is 6.53. The fraction of sp³-hybridized carbons (Fsp3) is 0.667. The van der Waals surface area contributed by atoms with Crippen LogP contribution in [0.25, 0.3) is 0 Å². The Kier molecular flexibility index (Phi) is 5.28. The van der Waals surface area contributed by atoms with Crippen molar-refractivity contribution in [3.05, 3.63) is 35.4 Å². The fourth-order valence-electron chi connectivity index (χ4n) is 3.74. The molecule has 1 aliphatic heterocycles. The van der Waals surface area contributed by atoms with Gasteiger partial charge in [-0.3, -0.25) is 0 Å². The summed E-state index contributed by atoms with van der Waals surface area (Å²) >= 11 is 0. The Labute approximate surface area is 128 Å². The summed E-state index contributed by atoms with van der Waals surface area (Å²) in [6.45, 7) is 6.00. The van der Waals surface area contributed by atoms with E-state index in [4.69, 9.17) is 4.74 Å². The molecule has 3 unspecified atom stereocenters. The number of benzene rings is 1. The van der Waals surface area contributed by atoms with Gasteiger partial charge < -0.3 is 15.4 Å². The molecular weight excluding hydrogens is 260 g/mol. The Morgan fingerprint density at radius 2 is 2.10 bits per heavy atom. The molecule has 1 aromatic carbocycles. The van der Waals surface area contributed by atoms with Crippen LogP contribution in [0.3, 0.4) is 0 Å². The number of ether oxygens (including phenoxy) is 1. The smallest absolute Gasteiger partial charge is 0.0623 e. The first-order valence-corrected chi connectivity index (χ1v) is 8.43. The number of nitrogens with one attached hydrogen (secondary N) is 2. The molecule has 116 valence electrons. The van der Waals surface area contributed by atoms with E-state index >= 15 is 0 Å². The van der Waals surface area contributed by atoms with Gasteiger partial charge in [-0.1, -0.05) is 36.2 Å². The molecule has 1 saturated heterocycles. The first-order valence-electron chi connectivity index (χ1n) is 8.43. The Morgan fingerprint density at radius 3 is 2.86 bits per heavy atom. The second-order valence-corrected chi connectivity index (χ2v) is 6.53. The van der Waals surface area contributed by atoms with Crippen molar-refractivity contribution in [2.45, 2.75) is 44.7 Å². The van der Waals surface area contributed by atoms with Crippen molar-refractivity contribution in [1.29, 1.82) is 0 Å². The van der Waals surface area contributed by atoms with Gasteiger partial charge in [0.25, 0.3) is 0 Å². The van der Waals surface area contributed by atoms with Crippen molar-refractivity contribution in [1.82, 2.24) is 10.6 Å².